The van der Waals surface area contributed by atoms with Crippen LogP contribution in [0, 0.1) is 6.92 Å². The van der Waals surface area contributed by atoms with Crippen molar-refractivity contribution in [1.29, 1.82) is 0 Å². The fraction of sp³-hybridized carbons (Fsp3) is 0.0192. The lowest BCUT2D eigenvalue weighted by molar-refractivity contribution is 0.670. The summed E-state index contributed by atoms with van der Waals surface area (Å²) in [6.07, 6.45) is 0. The summed E-state index contributed by atoms with van der Waals surface area (Å²) in [5.41, 5.74) is -3.73. The average Bonchev–Trinajstić information content (AvgIpc) is 3.93. The zero-order chi connectivity index (χ0) is 57.4. The summed E-state index contributed by atoms with van der Waals surface area (Å²) >= 11 is 0. The van der Waals surface area contributed by atoms with E-state index in [1.165, 1.54) is 6.92 Å². The first-order valence-electron chi connectivity index (χ1n) is 28.5. The van der Waals surface area contributed by atoms with Crippen molar-refractivity contribution in [3.05, 3.63) is 199 Å². The smallest absolute Gasteiger partial charge is 0.167 e. The predicted octanol–water partition coefficient (Wildman–Crippen LogP) is 13.7. The maximum atomic E-state index is 9.59. The van der Waals surface area contributed by atoms with E-state index in [1.807, 2.05) is 30.3 Å². The summed E-state index contributed by atoms with van der Waals surface area (Å²) in [6, 6.07) is -2.24. The third-order valence-electron chi connectivity index (χ3n) is 8.70. The molecule has 4 nitrogen and oxygen atoms in total. The minimum absolute atomic E-state index is 0.0284. The number of benzene rings is 8. The van der Waals surface area contributed by atoms with E-state index < -0.39 is 201 Å². The van der Waals surface area contributed by atoms with Gasteiger partial charge in [-0.3, -0.25) is 0 Å². The Morgan fingerprint density at radius 1 is 0.375 bits per heavy atom. The van der Waals surface area contributed by atoms with E-state index in [4.69, 9.17) is 27.7 Å². The Kier molecular flexibility index (Phi) is 4.26. The van der Waals surface area contributed by atoms with E-state index in [9.17, 15) is 8.22 Å². The Labute approximate surface area is 357 Å². The van der Waals surface area contributed by atoms with Gasteiger partial charge < -0.3 is 4.42 Å². The van der Waals surface area contributed by atoms with E-state index in [-0.39, 0.29) is 27.5 Å². The fourth-order valence-corrected chi connectivity index (χ4v) is 6.08. The first-order valence-corrected chi connectivity index (χ1v) is 17.0. The van der Waals surface area contributed by atoms with E-state index in [1.54, 1.807) is 24.3 Å². The Morgan fingerprint density at radius 3 is 1.54 bits per heavy atom. The van der Waals surface area contributed by atoms with Gasteiger partial charge in [0.25, 0.3) is 0 Å². The van der Waals surface area contributed by atoms with Crippen LogP contribution in [-0.2, 0) is 0 Å². The summed E-state index contributed by atoms with van der Waals surface area (Å²) in [5, 5.41) is -0.575. The highest BCUT2D eigenvalue weighted by atomic mass is 16.3. The van der Waals surface area contributed by atoms with Crippen LogP contribution in [0.1, 0.15) is 37.1 Å². The minimum atomic E-state index is -0.976. The Bertz CT molecular complexity index is 4140. The molecule has 0 unspecified atom stereocenters. The SMILES string of the molecule is [2H]c1c([2H])c([2H])c(-c2c([2H])c([2H])c([2H])c(-c3nc(-c4c([2H])c([2H])c([2H])c(-c5c([2H])c([2H])c([2H])c(C)c5[2H])c4[2H])nc(-c4c([2H])c([2H])c([2H])c5c4oc4c(-c6ccc(-c7ccccc7)cc6)c([2H])c([2H])c([2H])c45)n3)c2[2H])c([2H])c1[2H]. The van der Waals surface area contributed by atoms with E-state index in [2.05, 4.69) is 15.0 Å². The van der Waals surface area contributed by atoms with Crippen molar-refractivity contribution in [3.8, 4) is 78.7 Å². The minimum Gasteiger partial charge on any atom is -0.455 e. The number of aromatic nitrogens is 3. The van der Waals surface area contributed by atoms with Gasteiger partial charge in [-0.15, -0.1) is 0 Å². The largest absolute Gasteiger partial charge is 0.455 e. The Balaban J connectivity index is 1.36. The molecular weight excluding hydrogens is 683 g/mol. The molecular formula is C52H35N3O. The Morgan fingerprint density at radius 2 is 0.857 bits per heavy atom. The first kappa shape index (κ1) is 16.9. The zero-order valence-corrected chi connectivity index (χ0v) is 28.9. The molecule has 0 saturated carbocycles. The van der Waals surface area contributed by atoms with Crippen molar-refractivity contribution in [1.82, 2.24) is 15.0 Å². The molecule has 0 aliphatic heterocycles. The van der Waals surface area contributed by atoms with Crippen LogP contribution < -0.4 is 0 Å². The van der Waals surface area contributed by atoms with Gasteiger partial charge in [-0.25, -0.2) is 15.0 Å². The van der Waals surface area contributed by atoms with Crippen LogP contribution in [0.15, 0.2) is 198 Å². The summed E-state index contributed by atoms with van der Waals surface area (Å²) in [4.78, 5) is 13.5. The zero-order valence-electron chi connectivity index (χ0n) is 51.9. The van der Waals surface area contributed by atoms with Gasteiger partial charge in [-0.1, -0.05) is 181 Å². The van der Waals surface area contributed by atoms with Gasteiger partial charge in [0, 0.05) is 27.5 Å². The third kappa shape index (κ3) is 6.23. The van der Waals surface area contributed by atoms with Crippen molar-refractivity contribution >= 4 is 21.9 Å². The number of hydrogen-bond donors (Lipinski definition) is 0. The van der Waals surface area contributed by atoms with E-state index in [0.717, 1.165) is 11.1 Å². The molecule has 2 heterocycles. The quantitative estimate of drug-likeness (QED) is 0.163. The molecule has 10 aromatic rings. The van der Waals surface area contributed by atoms with Crippen LogP contribution in [0.3, 0.4) is 0 Å². The molecule has 0 aliphatic carbocycles. The second kappa shape index (κ2) is 14.1. The molecule has 0 N–H and O–H groups in total. The maximum Gasteiger partial charge on any atom is 0.167 e. The summed E-state index contributed by atoms with van der Waals surface area (Å²) < 4.78 is 212. The van der Waals surface area contributed by atoms with E-state index in [0.29, 0.717) is 5.56 Å². The Hall–Kier alpha value is -7.43. The molecule has 0 fully saturated rings. The molecule has 2 aromatic heterocycles. The molecule has 0 saturated heterocycles. The van der Waals surface area contributed by atoms with Crippen molar-refractivity contribution in [2.45, 2.75) is 6.92 Å². The normalized spacial score (nSPS) is 17.1. The van der Waals surface area contributed by atoms with Crippen LogP contribution >= 0.6 is 0 Å². The van der Waals surface area contributed by atoms with Gasteiger partial charge >= 0.3 is 0 Å². The van der Waals surface area contributed by atoms with Crippen LogP contribution in [0.25, 0.3) is 101 Å². The van der Waals surface area contributed by atoms with Crippen molar-refractivity contribution in [3.63, 3.8) is 0 Å². The van der Waals surface area contributed by atoms with Gasteiger partial charge in [-0.05, 0) is 64.0 Å². The molecule has 0 amide bonds. The molecule has 0 aliphatic rings. The number of hydrogen-bond acceptors (Lipinski definition) is 4. The van der Waals surface area contributed by atoms with Crippen LogP contribution in [0.5, 0.6) is 0 Å². The number of fused-ring (bicyclic) bond motifs is 3. The fourth-order valence-electron chi connectivity index (χ4n) is 6.08. The highest BCUT2D eigenvalue weighted by Gasteiger charge is 2.20. The summed E-state index contributed by atoms with van der Waals surface area (Å²) in [7, 11) is 0. The average molecular weight is 741 g/mol. The molecule has 0 radical (unpaired) electrons. The molecule has 8 aromatic carbocycles. The van der Waals surface area contributed by atoms with Gasteiger partial charge in [0.1, 0.15) is 11.2 Å². The van der Waals surface area contributed by atoms with Crippen LogP contribution in [-0.4, -0.2) is 15.0 Å². The number of nitrogens with zero attached hydrogens (tertiary/aromatic N) is 3. The van der Waals surface area contributed by atoms with Gasteiger partial charge in [0.2, 0.25) is 0 Å². The van der Waals surface area contributed by atoms with Crippen molar-refractivity contribution < 1.29 is 35.9 Å². The van der Waals surface area contributed by atoms with Crippen LogP contribution in [0.4, 0.5) is 0 Å². The molecule has 0 atom stereocenters. The number of furan rings is 1. The summed E-state index contributed by atoms with van der Waals surface area (Å²) in [6.45, 7) is 1.30. The molecule has 0 bridgehead atoms. The van der Waals surface area contributed by atoms with Gasteiger partial charge in [0.15, 0.2) is 17.5 Å². The number of para-hydroxylation sites is 2. The molecule has 10 rings (SSSR count). The molecule has 56 heavy (non-hydrogen) atoms. The lowest BCUT2D eigenvalue weighted by Gasteiger charge is -2.11. The topological polar surface area (TPSA) is 51.8 Å². The van der Waals surface area contributed by atoms with Gasteiger partial charge in [-0.2, -0.15) is 0 Å². The molecule has 264 valence electrons. The summed E-state index contributed by atoms with van der Waals surface area (Å²) in [5.74, 6) is -2.45. The van der Waals surface area contributed by atoms with Crippen molar-refractivity contribution in [2.75, 3.05) is 0 Å². The highest BCUT2D eigenvalue weighted by molar-refractivity contribution is 6.12. The van der Waals surface area contributed by atoms with Crippen molar-refractivity contribution in [2.24, 2.45) is 0 Å². The van der Waals surface area contributed by atoms with E-state index >= 15 is 0 Å². The second-order valence-corrected chi connectivity index (χ2v) is 12.3. The lowest BCUT2D eigenvalue weighted by Crippen LogP contribution is -2.00. The maximum absolute atomic E-state index is 9.59. The predicted molar refractivity (Wildman–Crippen MR) is 230 cm³/mol. The standard InChI is InChI=1S/C52H35N3O/c1-34-13-8-18-39(31-34)41-20-10-22-43(33-41)51-53-50(42-21-9-19-40(32-42)36-16-6-3-7-17-36)54-52(55-51)47-26-12-25-46-45-24-11-23-44(48(45)56-49(46)47)38-29-27-37(28-30-38)35-14-4-2-5-15-35/h2-33H,1H3/i3D,6D,7D,8D,9D,10D,11D,12D,13D,16D,17D,18D,19D,20D,21D,22D,23D,24D,25D,26D,31D,32D,33D. The molecule has 4 heteroatoms. The lowest BCUT2D eigenvalue weighted by atomic mass is 9.98. The first-order chi connectivity index (χ1) is 37.2. The number of rotatable bonds is 7. The molecule has 0 spiro atoms. The second-order valence-electron chi connectivity index (χ2n) is 12.3. The van der Waals surface area contributed by atoms with Gasteiger partial charge in [0.05, 0.1) is 37.1 Å². The highest BCUT2D eigenvalue weighted by Crippen LogP contribution is 2.40. The monoisotopic (exact) mass is 740 g/mol. The third-order valence-corrected chi connectivity index (χ3v) is 8.70. The van der Waals surface area contributed by atoms with Crippen LogP contribution in [0.2, 0.25) is 0 Å².